The Labute approximate surface area is 221 Å². The highest BCUT2D eigenvalue weighted by Gasteiger charge is 2.18. The van der Waals surface area contributed by atoms with E-state index in [0.717, 1.165) is 28.9 Å². The van der Waals surface area contributed by atoms with Gasteiger partial charge in [0.25, 0.3) is 11.5 Å². The quantitative estimate of drug-likeness (QED) is 0.229. The van der Waals surface area contributed by atoms with Crippen LogP contribution in [0.5, 0.6) is 0 Å². The van der Waals surface area contributed by atoms with E-state index in [1.807, 2.05) is 31.3 Å². The van der Waals surface area contributed by atoms with Crippen molar-refractivity contribution in [1.82, 2.24) is 20.4 Å². The number of benzene rings is 2. The number of hydrogen-bond donors (Lipinski definition) is 4. The van der Waals surface area contributed by atoms with Gasteiger partial charge in [-0.15, -0.1) is 11.3 Å². The van der Waals surface area contributed by atoms with Crippen LogP contribution in [0.25, 0.3) is 21.3 Å². The first kappa shape index (κ1) is 25.3. The van der Waals surface area contributed by atoms with Crippen LogP contribution in [-0.4, -0.2) is 53.5 Å². The number of thiophene rings is 1. The smallest absolute Gasteiger partial charge is 0.290 e. The summed E-state index contributed by atoms with van der Waals surface area (Å²) in [6.07, 6.45) is 1.69. The predicted molar refractivity (Wildman–Crippen MR) is 150 cm³/mol. The van der Waals surface area contributed by atoms with Crippen molar-refractivity contribution in [3.05, 3.63) is 86.9 Å². The third-order valence-electron chi connectivity index (χ3n) is 6.22. The van der Waals surface area contributed by atoms with E-state index in [2.05, 4.69) is 30.7 Å². The van der Waals surface area contributed by atoms with E-state index < -0.39 is 17.3 Å². The average Bonchev–Trinajstić information content (AvgIpc) is 3.33. The third-order valence-corrected chi connectivity index (χ3v) is 7.33. The maximum absolute atomic E-state index is 14.8. The molecular weight excluding hydrogens is 505 g/mol. The molecule has 0 radical (unpaired) electrons. The highest BCUT2D eigenvalue weighted by atomic mass is 32.1. The van der Waals surface area contributed by atoms with Crippen molar-refractivity contribution in [2.75, 3.05) is 32.0 Å². The third kappa shape index (κ3) is 5.34. The SMILES string of the molecule is Cc1c(-c2cc(N=C(N)/C=C3/CN(C)CCN3)c(=O)[nH]n2)ccc(F)c1NC(=O)c1cc2ccccc2s1. The van der Waals surface area contributed by atoms with Gasteiger partial charge < -0.3 is 16.4 Å². The molecule has 0 unspecified atom stereocenters. The van der Waals surface area contributed by atoms with Crippen LogP contribution >= 0.6 is 11.3 Å². The number of amidine groups is 1. The second-order valence-electron chi connectivity index (χ2n) is 9.04. The number of H-pyrrole nitrogens is 1. The number of likely N-dealkylation sites (N-methyl/N-ethyl adjacent to an activating group) is 1. The van der Waals surface area contributed by atoms with Crippen molar-refractivity contribution >= 4 is 44.5 Å². The Morgan fingerprint density at radius 2 is 2.08 bits per heavy atom. The minimum atomic E-state index is -0.579. The number of hydrogen-bond acceptors (Lipinski definition) is 7. The van der Waals surface area contributed by atoms with Crippen LogP contribution in [0.1, 0.15) is 15.2 Å². The van der Waals surface area contributed by atoms with Crippen LogP contribution in [0.4, 0.5) is 15.8 Å². The molecule has 0 atom stereocenters. The van der Waals surface area contributed by atoms with Crippen molar-refractivity contribution < 1.29 is 9.18 Å². The van der Waals surface area contributed by atoms with Crippen molar-refractivity contribution in [3.8, 4) is 11.3 Å². The summed E-state index contributed by atoms with van der Waals surface area (Å²) in [5, 5.41) is 13.5. The number of piperazine rings is 1. The zero-order valence-corrected chi connectivity index (χ0v) is 21.7. The molecule has 38 heavy (non-hydrogen) atoms. The number of aliphatic imine (C=N–C) groups is 1. The van der Waals surface area contributed by atoms with Gasteiger partial charge in [-0.05, 0) is 55.3 Å². The zero-order chi connectivity index (χ0) is 26.8. The molecule has 4 aromatic rings. The number of aromatic amines is 1. The molecule has 5 rings (SSSR count). The van der Waals surface area contributed by atoms with Gasteiger partial charge >= 0.3 is 0 Å². The van der Waals surface area contributed by atoms with Gasteiger partial charge in [0.1, 0.15) is 17.3 Å². The number of nitrogens with one attached hydrogen (secondary N) is 3. The Kier molecular flexibility index (Phi) is 7.03. The number of amides is 1. The summed E-state index contributed by atoms with van der Waals surface area (Å²) < 4.78 is 15.8. The Balaban J connectivity index is 1.44. The van der Waals surface area contributed by atoms with E-state index in [1.165, 1.54) is 23.5 Å². The maximum Gasteiger partial charge on any atom is 0.290 e. The van der Waals surface area contributed by atoms with Crippen molar-refractivity contribution in [2.24, 2.45) is 10.7 Å². The lowest BCUT2D eigenvalue weighted by Crippen LogP contribution is -2.40. The van der Waals surface area contributed by atoms with Crippen molar-refractivity contribution in [3.63, 3.8) is 0 Å². The summed E-state index contributed by atoms with van der Waals surface area (Å²) in [4.78, 5) is 32.3. The van der Waals surface area contributed by atoms with Crippen LogP contribution in [0.15, 0.2) is 70.1 Å². The van der Waals surface area contributed by atoms with Gasteiger partial charge in [0.05, 0.1) is 16.3 Å². The monoisotopic (exact) mass is 531 g/mol. The van der Waals surface area contributed by atoms with E-state index in [1.54, 1.807) is 25.1 Å². The fraction of sp³-hybridized carbons (Fsp3) is 0.185. The van der Waals surface area contributed by atoms with E-state index in [-0.39, 0.29) is 17.2 Å². The predicted octanol–water partition coefficient (Wildman–Crippen LogP) is 3.76. The molecule has 5 N–H and O–H groups in total. The standard InChI is InChI=1S/C27H26FN7O2S/c1-15-18(7-8-19(28)25(15)32-27(37)23-11-16-5-3-4-6-22(16)38-23)20-13-21(26(36)34-33-20)31-24(29)12-17-14-35(2)10-9-30-17/h3-8,11-13,30H,9-10,14H2,1-2H3,(H,32,37)(H,34,36)(H2,29,31,33)/b17-12-. The summed E-state index contributed by atoms with van der Waals surface area (Å²) in [6.45, 7) is 4.09. The lowest BCUT2D eigenvalue weighted by atomic mass is 10.0. The molecule has 194 valence electrons. The van der Waals surface area contributed by atoms with E-state index in [4.69, 9.17) is 5.73 Å². The first-order chi connectivity index (χ1) is 18.3. The first-order valence-electron chi connectivity index (χ1n) is 11.9. The summed E-state index contributed by atoms with van der Waals surface area (Å²) in [5.41, 5.74) is 7.93. The molecule has 1 aliphatic heterocycles. The van der Waals surface area contributed by atoms with Crippen LogP contribution < -0.4 is 21.9 Å². The highest BCUT2D eigenvalue weighted by molar-refractivity contribution is 7.20. The van der Waals surface area contributed by atoms with Gasteiger partial charge in [-0.25, -0.2) is 14.5 Å². The second kappa shape index (κ2) is 10.6. The maximum atomic E-state index is 14.8. The molecule has 1 amide bonds. The van der Waals surface area contributed by atoms with Crippen LogP contribution in [0.3, 0.4) is 0 Å². The lowest BCUT2D eigenvalue weighted by Gasteiger charge is -2.25. The topological polar surface area (TPSA) is 128 Å². The molecule has 1 aliphatic rings. The summed E-state index contributed by atoms with van der Waals surface area (Å²) in [5.74, 6) is -0.824. The Bertz CT molecular complexity index is 1620. The van der Waals surface area contributed by atoms with Crippen LogP contribution in [0, 0.1) is 12.7 Å². The minimum Gasteiger partial charge on any atom is -0.386 e. The molecule has 0 aliphatic carbocycles. The fourth-order valence-electron chi connectivity index (χ4n) is 4.27. The Morgan fingerprint density at radius 3 is 2.87 bits per heavy atom. The molecule has 0 bridgehead atoms. The average molecular weight is 532 g/mol. The molecule has 2 aromatic heterocycles. The molecule has 9 nitrogen and oxygen atoms in total. The summed E-state index contributed by atoms with van der Waals surface area (Å²) >= 11 is 1.33. The molecular formula is C27H26FN7O2S. The Hall–Kier alpha value is -4.35. The number of carbonyl (C=O) groups is 1. The van der Waals surface area contributed by atoms with Gasteiger partial charge in [-0.1, -0.05) is 18.2 Å². The molecule has 0 spiro atoms. The molecule has 1 saturated heterocycles. The van der Waals surface area contributed by atoms with Gasteiger partial charge in [0.2, 0.25) is 0 Å². The van der Waals surface area contributed by atoms with Crippen molar-refractivity contribution in [2.45, 2.75) is 6.92 Å². The van der Waals surface area contributed by atoms with Gasteiger partial charge in [-0.2, -0.15) is 5.10 Å². The molecule has 0 saturated carbocycles. The number of halogens is 1. The fourth-order valence-corrected chi connectivity index (χ4v) is 5.23. The number of carbonyl (C=O) groups excluding carboxylic acids is 1. The van der Waals surface area contributed by atoms with Gasteiger partial charge in [-0.3, -0.25) is 14.5 Å². The van der Waals surface area contributed by atoms with E-state index in [0.29, 0.717) is 28.2 Å². The Morgan fingerprint density at radius 1 is 1.26 bits per heavy atom. The summed E-state index contributed by atoms with van der Waals surface area (Å²) in [7, 11) is 2.01. The normalized spacial score (nSPS) is 15.6. The number of rotatable bonds is 5. The van der Waals surface area contributed by atoms with Crippen LogP contribution in [0.2, 0.25) is 0 Å². The highest BCUT2D eigenvalue weighted by Crippen LogP contribution is 2.32. The molecule has 11 heteroatoms. The van der Waals surface area contributed by atoms with Gasteiger partial charge in [0.15, 0.2) is 0 Å². The molecule has 2 aromatic carbocycles. The van der Waals surface area contributed by atoms with Crippen LogP contribution in [-0.2, 0) is 0 Å². The largest absolute Gasteiger partial charge is 0.386 e. The van der Waals surface area contributed by atoms with Crippen molar-refractivity contribution in [1.29, 1.82) is 0 Å². The summed E-state index contributed by atoms with van der Waals surface area (Å²) in [6, 6.07) is 13.7. The number of aromatic nitrogens is 2. The molecule has 3 heterocycles. The minimum absolute atomic E-state index is 0.0414. The molecule has 1 fully saturated rings. The van der Waals surface area contributed by atoms with Gasteiger partial charge in [0, 0.05) is 41.7 Å². The number of fused-ring (bicyclic) bond motifs is 1. The first-order valence-corrected chi connectivity index (χ1v) is 12.8. The van der Waals surface area contributed by atoms with E-state index >= 15 is 0 Å². The van der Waals surface area contributed by atoms with E-state index in [9.17, 15) is 14.0 Å². The number of nitrogens with two attached hydrogens (primary N) is 1. The number of nitrogens with zero attached hydrogens (tertiary/aromatic N) is 3. The second-order valence-corrected chi connectivity index (χ2v) is 10.1. The lowest BCUT2D eigenvalue weighted by molar-refractivity contribution is 0.103. The number of anilines is 1. The zero-order valence-electron chi connectivity index (χ0n) is 20.8.